The lowest BCUT2D eigenvalue weighted by Crippen LogP contribution is -2.54. The number of pyridine rings is 2. The van der Waals surface area contributed by atoms with Crippen LogP contribution in [0.2, 0.25) is 5.15 Å². The zero-order valence-corrected chi connectivity index (χ0v) is 20.4. The second-order valence-electron chi connectivity index (χ2n) is 9.34. The Balaban J connectivity index is 1.59. The highest BCUT2D eigenvalue weighted by atomic mass is 35.5. The van der Waals surface area contributed by atoms with Gasteiger partial charge in [-0.1, -0.05) is 36.9 Å². The van der Waals surface area contributed by atoms with Crippen LogP contribution in [0.1, 0.15) is 48.0 Å². The number of anilines is 3. The molecule has 2 aromatic heterocycles. The number of carbonyl (C=O) groups excluding carboxylic acids is 1. The van der Waals surface area contributed by atoms with Gasteiger partial charge in [-0.15, -0.1) is 0 Å². The summed E-state index contributed by atoms with van der Waals surface area (Å²) in [5.41, 5.74) is -0.122. The maximum absolute atomic E-state index is 14.2. The monoisotopic (exact) mass is 527 g/mol. The largest absolute Gasteiger partial charge is 0.478 e. The van der Waals surface area contributed by atoms with Crippen molar-refractivity contribution in [2.45, 2.75) is 37.8 Å². The van der Waals surface area contributed by atoms with Crippen LogP contribution in [0.3, 0.4) is 0 Å². The zero-order chi connectivity index (χ0) is 26.2. The number of benzene rings is 1. The quantitative estimate of drug-likeness (QED) is 0.307. The Labute approximate surface area is 216 Å². The first-order valence-corrected chi connectivity index (χ1v) is 12.3. The van der Waals surface area contributed by atoms with Gasteiger partial charge >= 0.3 is 5.97 Å². The van der Waals surface area contributed by atoms with Gasteiger partial charge in [0.15, 0.2) is 11.6 Å². The van der Waals surface area contributed by atoms with Gasteiger partial charge in [0.05, 0.1) is 22.9 Å². The molecule has 1 atom stereocenters. The number of halogens is 3. The van der Waals surface area contributed by atoms with Crippen molar-refractivity contribution in [3.63, 3.8) is 0 Å². The molecule has 0 spiro atoms. The number of rotatable bonds is 6. The molecule has 1 fully saturated rings. The highest BCUT2D eigenvalue weighted by molar-refractivity contribution is 6.29. The van der Waals surface area contributed by atoms with Gasteiger partial charge in [-0.2, -0.15) is 0 Å². The second-order valence-corrected chi connectivity index (χ2v) is 9.73. The molecule has 1 unspecified atom stereocenters. The predicted octanol–water partition coefficient (Wildman–Crippen LogP) is 5.63. The molecule has 1 aliphatic carbocycles. The standard InChI is InChI=1S/C26H24ClF2N5O3/c27-21-8-7-16(13-30-21)26(33-19-10-17(28)18(29)11-20(19)34-26)23(14-4-2-1-3-5-14)24(35)32-22-9-6-15(12-31-22)25(36)37/h6-14,23,33-34H,1-5H2,(H,36,37)(H,31,32,35). The van der Waals surface area contributed by atoms with Crippen LogP contribution >= 0.6 is 11.6 Å². The van der Waals surface area contributed by atoms with Crippen LogP contribution in [-0.2, 0) is 10.5 Å². The first-order valence-electron chi connectivity index (χ1n) is 11.9. The van der Waals surface area contributed by atoms with Crippen LogP contribution in [0.25, 0.3) is 0 Å². The highest BCUT2D eigenvalue weighted by Gasteiger charge is 2.52. The average Bonchev–Trinajstić information content (AvgIpc) is 3.24. The number of aromatic carboxylic acids is 1. The number of carbonyl (C=O) groups is 2. The van der Waals surface area contributed by atoms with Crippen LogP contribution in [-0.4, -0.2) is 27.0 Å². The minimum atomic E-state index is -1.30. The van der Waals surface area contributed by atoms with E-state index in [2.05, 4.69) is 25.9 Å². The van der Waals surface area contributed by atoms with E-state index in [-0.39, 0.29) is 28.4 Å². The molecular weight excluding hydrogens is 504 g/mol. The van der Waals surface area contributed by atoms with Gasteiger partial charge in [0.1, 0.15) is 16.6 Å². The number of hydrogen-bond donors (Lipinski definition) is 4. The van der Waals surface area contributed by atoms with Crippen LogP contribution < -0.4 is 16.0 Å². The zero-order valence-electron chi connectivity index (χ0n) is 19.6. The van der Waals surface area contributed by atoms with E-state index in [9.17, 15) is 18.4 Å². The fourth-order valence-electron chi connectivity index (χ4n) is 5.33. The molecular formula is C26H24ClF2N5O3. The maximum Gasteiger partial charge on any atom is 0.337 e. The molecule has 192 valence electrons. The lowest BCUT2D eigenvalue weighted by atomic mass is 9.71. The number of fused-ring (bicyclic) bond motifs is 1. The van der Waals surface area contributed by atoms with Crippen molar-refractivity contribution < 1.29 is 23.5 Å². The summed E-state index contributed by atoms with van der Waals surface area (Å²) in [5, 5.41) is 18.8. The molecule has 1 aromatic carbocycles. The third-order valence-electron chi connectivity index (χ3n) is 7.04. The molecule has 0 saturated heterocycles. The Hall–Kier alpha value is -3.79. The molecule has 4 N–H and O–H groups in total. The molecule has 0 radical (unpaired) electrons. The molecule has 3 aromatic rings. The Morgan fingerprint density at radius 3 is 2.22 bits per heavy atom. The summed E-state index contributed by atoms with van der Waals surface area (Å²) in [6.07, 6.45) is 7.17. The molecule has 8 nitrogen and oxygen atoms in total. The van der Waals surface area contributed by atoms with Crippen LogP contribution in [0.4, 0.5) is 26.0 Å². The lowest BCUT2D eigenvalue weighted by molar-refractivity contribution is -0.124. The number of aromatic nitrogens is 2. The number of nitrogens with zero attached hydrogens (tertiary/aromatic N) is 2. The second kappa shape index (κ2) is 9.93. The Morgan fingerprint density at radius 2 is 1.68 bits per heavy atom. The topological polar surface area (TPSA) is 116 Å². The van der Waals surface area contributed by atoms with Crippen molar-refractivity contribution in [3.8, 4) is 0 Å². The van der Waals surface area contributed by atoms with Crippen molar-refractivity contribution in [2.24, 2.45) is 11.8 Å². The highest BCUT2D eigenvalue weighted by Crippen LogP contribution is 2.49. The van der Waals surface area contributed by atoms with Crippen LogP contribution in [0.5, 0.6) is 0 Å². The average molecular weight is 528 g/mol. The van der Waals surface area contributed by atoms with E-state index in [1.807, 2.05) is 0 Å². The van der Waals surface area contributed by atoms with Crippen molar-refractivity contribution in [1.29, 1.82) is 0 Å². The predicted molar refractivity (Wildman–Crippen MR) is 134 cm³/mol. The lowest BCUT2D eigenvalue weighted by Gasteiger charge is -2.43. The number of nitrogens with one attached hydrogen (secondary N) is 3. The summed E-state index contributed by atoms with van der Waals surface area (Å²) >= 11 is 6.05. The van der Waals surface area contributed by atoms with E-state index >= 15 is 0 Å². The van der Waals surface area contributed by atoms with Gasteiger partial charge in [0.2, 0.25) is 5.91 Å². The Kier molecular flexibility index (Phi) is 6.68. The van der Waals surface area contributed by atoms with Crippen LogP contribution in [0, 0.1) is 23.5 Å². The fourth-order valence-corrected chi connectivity index (χ4v) is 5.44. The van der Waals surface area contributed by atoms with Crippen molar-refractivity contribution >= 4 is 40.7 Å². The number of carboxylic acid groups (broad SMARTS) is 1. The fraction of sp³-hybridized carbons (Fsp3) is 0.308. The molecule has 5 rings (SSSR count). The molecule has 3 heterocycles. The Bertz CT molecular complexity index is 1300. The number of carboxylic acids is 1. The van der Waals surface area contributed by atoms with Crippen LogP contribution in [0.15, 0.2) is 48.8 Å². The van der Waals surface area contributed by atoms with Gasteiger partial charge in [-0.05, 0) is 37.0 Å². The third kappa shape index (κ3) is 4.81. The van der Waals surface area contributed by atoms with Crippen molar-refractivity contribution in [1.82, 2.24) is 9.97 Å². The van der Waals surface area contributed by atoms with Gasteiger partial charge in [0, 0.05) is 30.1 Å². The normalized spacial score (nSPS) is 17.3. The van der Waals surface area contributed by atoms with Crippen molar-refractivity contribution in [3.05, 3.63) is 76.7 Å². The SMILES string of the molecule is O=C(O)c1ccc(NC(=O)C(C2CCCCC2)C2(c3ccc(Cl)nc3)Nc3cc(F)c(F)cc3N2)nc1. The van der Waals surface area contributed by atoms with Gasteiger partial charge < -0.3 is 21.1 Å². The summed E-state index contributed by atoms with van der Waals surface area (Å²) in [7, 11) is 0. The molecule has 11 heteroatoms. The third-order valence-corrected chi connectivity index (χ3v) is 7.26. The summed E-state index contributed by atoms with van der Waals surface area (Å²) in [6.45, 7) is 0. The first-order chi connectivity index (χ1) is 17.8. The number of amides is 1. The van der Waals surface area contributed by atoms with Gasteiger partial charge in [0.25, 0.3) is 0 Å². The Morgan fingerprint density at radius 1 is 1.00 bits per heavy atom. The minimum absolute atomic E-state index is 0.0100. The van der Waals surface area contributed by atoms with E-state index in [0.29, 0.717) is 16.9 Å². The summed E-state index contributed by atoms with van der Waals surface area (Å²) in [4.78, 5) is 33.5. The van der Waals surface area contributed by atoms with E-state index in [1.54, 1.807) is 12.1 Å². The summed E-state index contributed by atoms with van der Waals surface area (Å²) < 4.78 is 28.3. The summed E-state index contributed by atoms with van der Waals surface area (Å²) in [5.74, 6) is -4.21. The van der Waals surface area contributed by atoms with Crippen molar-refractivity contribution in [2.75, 3.05) is 16.0 Å². The molecule has 2 aliphatic rings. The molecule has 37 heavy (non-hydrogen) atoms. The maximum atomic E-state index is 14.2. The van der Waals surface area contributed by atoms with E-state index in [1.165, 1.54) is 24.5 Å². The van der Waals surface area contributed by atoms with Gasteiger partial charge in [-0.3, -0.25) is 4.79 Å². The molecule has 1 aliphatic heterocycles. The van der Waals surface area contributed by atoms with E-state index in [0.717, 1.165) is 44.2 Å². The first kappa shape index (κ1) is 24.9. The minimum Gasteiger partial charge on any atom is -0.478 e. The smallest absolute Gasteiger partial charge is 0.337 e. The van der Waals surface area contributed by atoms with E-state index in [4.69, 9.17) is 16.7 Å². The molecule has 0 bridgehead atoms. The van der Waals surface area contributed by atoms with Gasteiger partial charge in [-0.25, -0.2) is 23.5 Å². The summed E-state index contributed by atoms with van der Waals surface area (Å²) in [6, 6.07) is 8.21. The molecule has 1 saturated carbocycles. The number of hydrogen-bond acceptors (Lipinski definition) is 6. The molecule has 1 amide bonds. The van der Waals surface area contributed by atoms with E-state index < -0.39 is 29.2 Å².